The van der Waals surface area contributed by atoms with Crippen LogP contribution in [0.25, 0.3) is 0 Å². The molecule has 1 heterocycles. The zero-order chi connectivity index (χ0) is 13.9. The molecule has 1 aromatic rings. The Hall–Kier alpha value is -1.14. The van der Waals surface area contributed by atoms with Crippen LogP contribution in [0.4, 0.5) is 0 Å². The fourth-order valence-electron chi connectivity index (χ4n) is 2.57. The Morgan fingerprint density at radius 2 is 1.95 bits per heavy atom. The first kappa shape index (κ1) is 14.3. The van der Waals surface area contributed by atoms with Crippen LogP contribution >= 0.6 is 0 Å². The van der Waals surface area contributed by atoms with Gasteiger partial charge in [0.1, 0.15) is 0 Å². The predicted molar refractivity (Wildman–Crippen MR) is 73.5 cm³/mol. The molecular formula is C13H20N2O3S. The third-order valence-electron chi connectivity index (χ3n) is 3.70. The van der Waals surface area contributed by atoms with E-state index in [0.717, 1.165) is 12.8 Å². The van der Waals surface area contributed by atoms with Crippen molar-refractivity contribution in [1.82, 2.24) is 9.29 Å². The molecular weight excluding hydrogens is 264 g/mol. The largest absolute Gasteiger partial charge is 0.328 e. The van der Waals surface area contributed by atoms with Crippen molar-refractivity contribution < 1.29 is 8.42 Å². The minimum atomic E-state index is -3.49. The molecule has 1 aromatic heterocycles. The highest BCUT2D eigenvalue weighted by Crippen LogP contribution is 2.25. The van der Waals surface area contributed by atoms with Gasteiger partial charge in [0.15, 0.2) is 0 Å². The van der Waals surface area contributed by atoms with E-state index in [1.54, 1.807) is 7.05 Å². The number of hydrogen-bond donors (Lipinski definition) is 1. The summed E-state index contributed by atoms with van der Waals surface area (Å²) in [5.41, 5.74) is -0.297. The van der Waals surface area contributed by atoms with Crippen molar-refractivity contribution in [1.29, 1.82) is 0 Å². The number of nitrogens with one attached hydrogen (secondary N) is 1. The standard InChI is InChI=1S/C13H20N2O3S/c1-15(10-11-5-3-2-4-6-11)19(17,18)12-7-8-13(16)14-9-12/h7-9,11H,2-6,10H2,1H3,(H,14,16). The van der Waals surface area contributed by atoms with Crippen LogP contribution in [0.1, 0.15) is 32.1 Å². The Labute approximate surface area is 113 Å². The maximum Gasteiger partial charge on any atom is 0.247 e. The summed E-state index contributed by atoms with van der Waals surface area (Å²) < 4.78 is 26.0. The second kappa shape index (κ2) is 5.88. The molecule has 19 heavy (non-hydrogen) atoms. The fourth-order valence-corrected chi connectivity index (χ4v) is 3.78. The van der Waals surface area contributed by atoms with Gasteiger partial charge >= 0.3 is 0 Å². The molecule has 0 radical (unpaired) electrons. The zero-order valence-electron chi connectivity index (χ0n) is 11.1. The SMILES string of the molecule is CN(CC1CCCCC1)S(=O)(=O)c1ccc(=O)[nH]c1. The summed E-state index contributed by atoms with van der Waals surface area (Å²) in [6, 6.07) is 2.59. The van der Waals surface area contributed by atoms with E-state index < -0.39 is 10.0 Å². The van der Waals surface area contributed by atoms with Crippen LogP contribution in [-0.4, -0.2) is 31.3 Å². The molecule has 5 nitrogen and oxygen atoms in total. The third kappa shape index (κ3) is 3.45. The maximum absolute atomic E-state index is 12.3. The predicted octanol–water partition coefficient (Wildman–Crippen LogP) is 1.58. The lowest BCUT2D eigenvalue weighted by atomic mass is 9.89. The monoisotopic (exact) mass is 284 g/mol. The molecule has 106 valence electrons. The molecule has 0 aliphatic heterocycles. The van der Waals surface area contributed by atoms with Crippen LogP contribution in [0.3, 0.4) is 0 Å². The summed E-state index contributed by atoms with van der Waals surface area (Å²) >= 11 is 0. The van der Waals surface area contributed by atoms with Crippen LogP contribution < -0.4 is 5.56 Å². The zero-order valence-corrected chi connectivity index (χ0v) is 11.9. The van der Waals surface area contributed by atoms with Crippen molar-refractivity contribution in [3.63, 3.8) is 0 Å². The Balaban J connectivity index is 2.09. The molecule has 0 bridgehead atoms. The Bertz CT molecular complexity index is 553. The van der Waals surface area contributed by atoms with Crippen LogP contribution in [0.2, 0.25) is 0 Å². The minimum Gasteiger partial charge on any atom is -0.328 e. The summed E-state index contributed by atoms with van der Waals surface area (Å²) in [5, 5.41) is 0. The minimum absolute atomic E-state index is 0.144. The van der Waals surface area contributed by atoms with Crippen LogP contribution in [0.15, 0.2) is 28.0 Å². The fraction of sp³-hybridized carbons (Fsp3) is 0.615. The van der Waals surface area contributed by atoms with Gasteiger partial charge in [0.05, 0.1) is 4.90 Å². The van der Waals surface area contributed by atoms with Crippen molar-refractivity contribution in [3.8, 4) is 0 Å². The van der Waals surface area contributed by atoms with E-state index in [1.807, 2.05) is 0 Å². The van der Waals surface area contributed by atoms with Gasteiger partial charge < -0.3 is 4.98 Å². The molecule has 0 amide bonds. The average Bonchev–Trinajstić information content (AvgIpc) is 2.40. The molecule has 1 aliphatic carbocycles. The Morgan fingerprint density at radius 3 is 2.53 bits per heavy atom. The molecule has 0 unspecified atom stereocenters. The lowest BCUT2D eigenvalue weighted by molar-refractivity contribution is 0.300. The second-order valence-corrected chi connectivity index (χ2v) is 7.22. The van der Waals surface area contributed by atoms with E-state index in [4.69, 9.17) is 0 Å². The summed E-state index contributed by atoms with van der Waals surface area (Å²) in [4.78, 5) is 13.5. The van der Waals surface area contributed by atoms with Crippen molar-refractivity contribution >= 4 is 10.0 Å². The molecule has 0 aromatic carbocycles. The highest BCUT2D eigenvalue weighted by molar-refractivity contribution is 7.89. The van der Waals surface area contributed by atoms with Gasteiger partial charge in [-0.2, -0.15) is 0 Å². The van der Waals surface area contributed by atoms with Crippen LogP contribution in [0.5, 0.6) is 0 Å². The third-order valence-corrected chi connectivity index (χ3v) is 5.52. The topological polar surface area (TPSA) is 70.2 Å². The van der Waals surface area contributed by atoms with Gasteiger partial charge in [-0.3, -0.25) is 4.79 Å². The highest BCUT2D eigenvalue weighted by atomic mass is 32.2. The lowest BCUT2D eigenvalue weighted by Crippen LogP contribution is -2.33. The molecule has 1 saturated carbocycles. The normalized spacial score (nSPS) is 17.8. The van der Waals surface area contributed by atoms with Gasteiger partial charge in [0, 0.05) is 25.9 Å². The summed E-state index contributed by atoms with van der Waals surface area (Å²) in [6.07, 6.45) is 7.10. The smallest absolute Gasteiger partial charge is 0.247 e. The van der Waals surface area contributed by atoms with Crippen LogP contribution in [0, 0.1) is 5.92 Å². The number of nitrogens with zero attached hydrogens (tertiary/aromatic N) is 1. The molecule has 6 heteroatoms. The van der Waals surface area contributed by atoms with E-state index in [0.29, 0.717) is 12.5 Å². The lowest BCUT2D eigenvalue weighted by Gasteiger charge is -2.26. The summed E-state index contributed by atoms with van der Waals surface area (Å²) in [7, 11) is -1.89. The number of sulfonamides is 1. The van der Waals surface area contributed by atoms with E-state index in [-0.39, 0.29) is 10.5 Å². The highest BCUT2D eigenvalue weighted by Gasteiger charge is 2.24. The van der Waals surface area contributed by atoms with Gasteiger partial charge in [0.25, 0.3) is 0 Å². The maximum atomic E-state index is 12.3. The molecule has 1 fully saturated rings. The van der Waals surface area contributed by atoms with Gasteiger partial charge in [-0.1, -0.05) is 19.3 Å². The van der Waals surface area contributed by atoms with E-state index in [2.05, 4.69) is 4.98 Å². The molecule has 1 aliphatic rings. The van der Waals surface area contributed by atoms with E-state index in [1.165, 1.54) is 41.9 Å². The number of hydrogen-bond acceptors (Lipinski definition) is 3. The van der Waals surface area contributed by atoms with Gasteiger partial charge in [0.2, 0.25) is 15.6 Å². The van der Waals surface area contributed by atoms with Crippen molar-refractivity contribution in [2.75, 3.05) is 13.6 Å². The molecule has 0 spiro atoms. The first-order valence-corrected chi connectivity index (χ1v) is 8.09. The first-order chi connectivity index (χ1) is 9.00. The quantitative estimate of drug-likeness (QED) is 0.912. The number of pyridine rings is 1. The summed E-state index contributed by atoms with van der Waals surface area (Å²) in [6.45, 7) is 0.557. The van der Waals surface area contributed by atoms with Crippen molar-refractivity contribution in [3.05, 3.63) is 28.7 Å². The van der Waals surface area contributed by atoms with Crippen LogP contribution in [-0.2, 0) is 10.0 Å². The van der Waals surface area contributed by atoms with Gasteiger partial charge in [-0.15, -0.1) is 0 Å². The number of rotatable bonds is 4. The molecule has 1 N–H and O–H groups in total. The van der Waals surface area contributed by atoms with E-state index in [9.17, 15) is 13.2 Å². The second-order valence-electron chi connectivity index (χ2n) is 5.18. The summed E-state index contributed by atoms with van der Waals surface area (Å²) in [5.74, 6) is 0.455. The van der Waals surface area contributed by atoms with Crippen molar-refractivity contribution in [2.45, 2.75) is 37.0 Å². The average molecular weight is 284 g/mol. The van der Waals surface area contributed by atoms with Gasteiger partial charge in [-0.05, 0) is 24.8 Å². The molecule has 0 atom stereocenters. The van der Waals surface area contributed by atoms with Gasteiger partial charge in [-0.25, -0.2) is 12.7 Å². The van der Waals surface area contributed by atoms with Crippen molar-refractivity contribution in [2.24, 2.45) is 5.92 Å². The number of H-pyrrole nitrogens is 1. The molecule has 2 rings (SSSR count). The molecule has 0 saturated heterocycles. The van der Waals surface area contributed by atoms with E-state index >= 15 is 0 Å². The number of aromatic nitrogens is 1. The Morgan fingerprint density at radius 1 is 1.26 bits per heavy atom. The Kier molecular flexibility index (Phi) is 4.42. The first-order valence-electron chi connectivity index (χ1n) is 6.65. The number of aromatic amines is 1.